The second-order valence-electron chi connectivity index (χ2n) is 4.41. The van der Waals surface area contributed by atoms with Crippen molar-refractivity contribution in [2.45, 2.75) is 39.2 Å². The summed E-state index contributed by atoms with van der Waals surface area (Å²) in [6, 6.07) is 8.24. The van der Waals surface area contributed by atoms with E-state index in [0.717, 1.165) is 51.1 Å². The Morgan fingerprint density at radius 2 is 2.00 bits per heavy atom. The van der Waals surface area contributed by atoms with E-state index in [1.54, 1.807) is 0 Å². The van der Waals surface area contributed by atoms with Crippen molar-refractivity contribution in [1.29, 1.82) is 0 Å². The average Bonchev–Trinajstić information content (AvgIpc) is 2.41. The standard InChI is InChI=1S/C15H25NO2/c1-2-16-13-14-8-7-9-15(12-14)18-11-6-4-3-5-10-17/h7-9,12,16-17H,2-6,10-11,13H2,1H3. The molecule has 0 spiro atoms. The van der Waals surface area contributed by atoms with Crippen molar-refractivity contribution in [3.8, 4) is 5.75 Å². The Kier molecular flexibility index (Phi) is 8.26. The molecule has 2 N–H and O–H groups in total. The topological polar surface area (TPSA) is 41.5 Å². The first-order valence-corrected chi connectivity index (χ1v) is 6.90. The zero-order valence-corrected chi connectivity index (χ0v) is 11.3. The zero-order chi connectivity index (χ0) is 13.1. The molecule has 0 saturated carbocycles. The van der Waals surface area contributed by atoms with Gasteiger partial charge in [-0.15, -0.1) is 0 Å². The zero-order valence-electron chi connectivity index (χ0n) is 11.3. The van der Waals surface area contributed by atoms with Crippen LogP contribution in [0.1, 0.15) is 38.2 Å². The highest BCUT2D eigenvalue weighted by Gasteiger charge is 1.97. The van der Waals surface area contributed by atoms with Crippen LogP contribution in [0.2, 0.25) is 0 Å². The van der Waals surface area contributed by atoms with Crippen LogP contribution in [0.15, 0.2) is 24.3 Å². The van der Waals surface area contributed by atoms with Gasteiger partial charge in [0.15, 0.2) is 0 Å². The van der Waals surface area contributed by atoms with E-state index in [-0.39, 0.29) is 0 Å². The largest absolute Gasteiger partial charge is 0.494 e. The Morgan fingerprint density at radius 3 is 2.78 bits per heavy atom. The molecular formula is C15H25NO2. The van der Waals surface area contributed by atoms with Crippen LogP contribution in [0.25, 0.3) is 0 Å². The summed E-state index contributed by atoms with van der Waals surface area (Å²) in [7, 11) is 0. The van der Waals surface area contributed by atoms with Gasteiger partial charge >= 0.3 is 0 Å². The highest BCUT2D eigenvalue weighted by atomic mass is 16.5. The van der Waals surface area contributed by atoms with E-state index in [0.29, 0.717) is 6.61 Å². The van der Waals surface area contributed by atoms with Crippen LogP contribution in [0, 0.1) is 0 Å². The maximum absolute atomic E-state index is 8.66. The van der Waals surface area contributed by atoms with E-state index >= 15 is 0 Å². The summed E-state index contributed by atoms with van der Waals surface area (Å²) >= 11 is 0. The van der Waals surface area contributed by atoms with Crippen LogP contribution < -0.4 is 10.1 Å². The molecule has 0 radical (unpaired) electrons. The molecule has 0 heterocycles. The summed E-state index contributed by atoms with van der Waals surface area (Å²) in [5.74, 6) is 0.951. The number of ether oxygens (including phenoxy) is 1. The normalized spacial score (nSPS) is 10.6. The maximum Gasteiger partial charge on any atom is 0.119 e. The third-order valence-electron chi connectivity index (χ3n) is 2.80. The van der Waals surface area contributed by atoms with Gasteiger partial charge in [0.2, 0.25) is 0 Å². The van der Waals surface area contributed by atoms with Crippen LogP contribution in [-0.2, 0) is 6.54 Å². The van der Waals surface area contributed by atoms with E-state index in [9.17, 15) is 0 Å². The molecule has 102 valence electrons. The minimum Gasteiger partial charge on any atom is -0.494 e. The quantitative estimate of drug-likeness (QED) is 0.628. The van der Waals surface area contributed by atoms with Gasteiger partial charge in [-0.25, -0.2) is 0 Å². The van der Waals surface area contributed by atoms with Crippen LogP contribution in [0.4, 0.5) is 0 Å². The lowest BCUT2D eigenvalue weighted by Crippen LogP contribution is -2.11. The molecule has 0 aliphatic carbocycles. The van der Waals surface area contributed by atoms with Gasteiger partial charge in [-0.1, -0.05) is 25.5 Å². The Bertz CT molecular complexity index is 315. The summed E-state index contributed by atoms with van der Waals surface area (Å²) < 4.78 is 5.72. The summed E-state index contributed by atoms with van der Waals surface area (Å²) in [5.41, 5.74) is 1.26. The molecule has 3 nitrogen and oxygen atoms in total. The molecule has 0 bridgehead atoms. The van der Waals surface area contributed by atoms with Gasteiger partial charge in [0, 0.05) is 13.2 Å². The first-order chi connectivity index (χ1) is 8.86. The monoisotopic (exact) mass is 251 g/mol. The lowest BCUT2D eigenvalue weighted by atomic mass is 10.2. The van der Waals surface area contributed by atoms with Crippen molar-refractivity contribution in [3.63, 3.8) is 0 Å². The molecule has 0 unspecified atom stereocenters. The van der Waals surface area contributed by atoms with E-state index in [1.807, 2.05) is 12.1 Å². The van der Waals surface area contributed by atoms with Crippen molar-refractivity contribution >= 4 is 0 Å². The van der Waals surface area contributed by atoms with Gasteiger partial charge in [-0.05, 0) is 43.5 Å². The second kappa shape index (κ2) is 9.92. The minimum absolute atomic E-state index is 0.299. The van der Waals surface area contributed by atoms with E-state index in [1.165, 1.54) is 5.56 Å². The van der Waals surface area contributed by atoms with Gasteiger partial charge in [0.25, 0.3) is 0 Å². The van der Waals surface area contributed by atoms with Gasteiger partial charge < -0.3 is 15.2 Å². The van der Waals surface area contributed by atoms with Crippen LogP contribution in [-0.4, -0.2) is 24.9 Å². The van der Waals surface area contributed by atoms with Crippen LogP contribution >= 0.6 is 0 Å². The molecule has 18 heavy (non-hydrogen) atoms. The number of rotatable bonds is 10. The SMILES string of the molecule is CCNCc1cccc(OCCCCCCO)c1. The molecule has 1 aromatic rings. The number of hydrogen-bond acceptors (Lipinski definition) is 3. The average molecular weight is 251 g/mol. The molecule has 1 rings (SSSR count). The first-order valence-electron chi connectivity index (χ1n) is 6.90. The number of hydrogen-bond donors (Lipinski definition) is 2. The summed E-state index contributed by atoms with van der Waals surface area (Å²) in [6.45, 7) is 5.04. The summed E-state index contributed by atoms with van der Waals surface area (Å²) in [6.07, 6.45) is 4.16. The minimum atomic E-state index is 0.299. The Morgan fingerprint density at radius 1 is 1.17 bits per heavy atom. The van der Waals surface area contributed by atoms with Crippen molar-refractivity contribution in [2.24, 2.45) is 0 Å². The molecule has 1 aromatic carbocycles. The van der Waals surface area contributed by atoms with E-state index < -0.39 is 0 Å². The number of aliphatic hydroxyl groups excluding tert-OH is 1. The van der Waals surface area contributed by atoms with Crippen LogP contribution in [0.3, 0.4) is 0 Å². The maximum atomic E-state index is 8.66. The molecule has 3 heteroatoms. The number of unbranched alkanes of at least 4 members (excludes halogenated alkanes) is 3. The Balaban J connectivity index is 2.20. The summed E-state index contributed by atoms with van der Waals surface area (Å²) in [4.78, 5) is 0. The molecule has 0 aliphatic rings. The lowest BCUT2D eigenvalue weighted by Gasteiger charge is -2.08. The molecule has 0 atom stereocenters. The first kappa shape index (κ1) is 15.0. The highest BCUT2D eigenvalue weighted by Crippen LogP contribution is 2.14. The molecular weight excluding hydrogens is 226 g/mol. The smallest absolute Gasteiger partial charge is 0.119 e. The van der Waals surface area contributed by atoms with Crippen molar-refractivity contribution in [3.05, 3.63) is 29.8 Å². The fraction of sp³-hybridized carbons (Fsp3) is 0.600. The Hall–Kier alpha value is -1.06. The predicted molar refractivity (Wildman–Crippen MR) is 74.9 cm³/mol. The van der Waals surface area contributed by atoms with Gasteiger partial charge in [0.05, 0.1) is 6.61 Å². The van der Waals surface area contributed by atoms with Crippen molar-refractivity contribution < 1.29 is 9.84 Å². The third-order valence-corrected chi connectivity index (χ3v) is 2.80. The van der Waals surface area contributed by atoms with Gasteiger partial charge in [-0.2, -0.15) is 0 Å². The molecule has 0 aromatic heterocycles. The predicted octanol–water partition coefficient (Wildman–Crippen LogP) is 2.73. The van der Waals surface area contributed by atoms with Crippen molar-refractivity contribution in [2.75, 3.05) is 19.8 Å². The molecule has 0 saturated heterocycles. The fourth-order valence-electron chi connectivity index (χ4n) is 1.77. The van der Waals surface area contributed by atoms with Crippen LogP contribution in [0.5, 0.6) is 5.75 Å². The third kappa shape index (κ3) is 6.62. The number of benzene rings is 1. The Labute approximate surface area is 110 Å². The van der Waals surface area contributed by atoms with Crippen molar-refractivity contribution in [1.82, 2.24) is 5.32 Å². The summed E-state index contributed by atoms with van der Waals surface area (Å²) in [5, 5.41) is 12.0. The van der Waals surface area contributed by atoms with Gasteiger partial charge in [-0.3, -0.25) is 0 Å². The second-order valence-corrected chi connectivity index (χ2v) is 4.41. The highest BCUT2D eigenvalue weighted by molar-refractivity contribution is 5.28. The number of aliphatic hydroxyl groups is 1. The lowest BCUT2D eigenvalue weighted by molar-refractivity contribution is 0.273. The number of nitrogens with one attached hydrogen (secondary N) is 1. The van der Waals surface area contributed by atoms with E-state index in [4.69, 9.17) is 9.84 Å². The van der Waals surface area contributed by atoms with Gasteiger partial charge in [0.1, 0.15) is 5.75 Å². The molecule has 0 fully saturated rings. The molecule has 0 amide bonds. The fourth-order valence-corrected chi connectivity index (χ4v) is 1.77. The van der Waals surface area contributed by atoms with E-state index in [2.05, 4.69) is 24.4 Å². The molecule has 0 aliphatic heterocycles.